The van der Waals surface area contributed by atoms with E-state index in [-0.39, 0.29) is 0 Å². The van der Waals surface area contributed by atoms with E-state index in [1.165, 1.54) is 38.6 Å². The Bertz CT molecular complexity index is 165. The quantitative estimate of drug-likeness (QED) is 0.660. The van der Waals surface area contributed by atoms with Crippen LogP contribution in [0.2, 0.25) is 0 Å². The lowest BCUT2D eigenvalue weighted by Crippen LogP contribution is -2.54. The van der Waals surface area contributed by atoms with Crippen molar-refractivity contribution in [1.82, 2.24) is 10.2 Å². The average molecular weight is 182 g/mol. The molecular weight excluding hydrogens is 160 g/mol. The summed E-state index contributed by atoms with van der Waals surface area (Å²) in [5.41, 5.74) is 0. The molecule has 2 heteroatoms. The van der Waals surface area contributed by atoms with E-state index in [0.29, 0.717) is 0 Å². The summed E-state index contributed by atoms with van der Waals surface area (Å²) in [6.07, 6.45) is 7.09. The highest BCUT2D eigenvalue weighted by Gasteiger charge is 2.35. The van der Waals surface area contributed by atoms with Gasteiger partial charge < -0.3 is 10.2 Å². The molecule has 2 fully saturated rings. The SMILES string of the molecule is CN(C)C1CCNC2CCCCC21. The smallest absolute Gasteiger partial charge is 0.0144 e. The van der Waals surface area contributed by atoms with Gasteiger partial charge in [0.25, 0.3) is 0 Å². The molecule has 2 aliphatic rings. The van der Waals surface area contributed by atoms with E-state index >= 15 is 0 Å². The van der Waals surface area contributed by atoms with E-state index in [9.17, 15) is 0 Å². The molecule has 13 heavy (non-hydrogen) atoms. The maximum Gasteiger partial charge on any atom is 0.0144 e. The van der Waals surface area contributed by atoms with Crippen molar-refractivity contribution < 1.29 is 0 Å². The van der Waals surface area contributed by atoms with Gasteiger partial charge in [-0.05, 0) is 45.8 Å². The summed E-state index contributed by atoms with van der Waals surface area (Å²) in [4.78, 5) is 2.43. The Labute approximate surface area is 81.7 Å². The first-order valence-corrected chi connectivity index (χ1v) is 5.69. The minimum atomic E-state index is 0.829. The van der Waals surface area contributed by atoms with Gasteiger partial charge in [0.2, 0.25) is 0 Å². The first-order chi connectivity index (χ1) is 6.29. The van der Waals surface area contributed by atoms with Crippen molar-refractivity contribution in [3.05, 3.63) is 0 Å². The van der Waals surface area contributed by atoms with E-state index in [2.05, 4.69) is 24.3 Å². The van der Waals surface area contributed by atoms with Crippen LogP contribution >= 0.6 is 0 Å². The third-order valence-electron chi connectivity index (χ3n) is 3.82. The van der Waals surface area contributed by atoms with Gasteiger partial charge in [-0.25, -0.2) is 0 Å². The lowest BCUT2D eigenvalue weighted by atomic mass is 9.76. The molecule has 1 N–H and O–H groups in total. The van der Waals surface area contributed by atoms with Crippen molar-refractivity contribution in [2.24, 2.45) is 5.92 Å². The molecule has 1 saturated carbocycles. The van der Waals surface area contributed by atoms with Crippen molar-refractivity contribution >= 4 is 0 Å². The molecule has 1 aliphatic heterocycles. The van der Waals surface area contributed by atoms with Gasteiger partial charge in [0.15, 0.2) is 0 Å². The minimum Gasteiger partial charge on any atom is -0.314 e. The molecule has 2 rings (SSSR count). The normalized spacial score (nSPS) is 40.4. The summed E-state index contributed by atoms with van der Waals surface area (Å²) < 4.78 is 0. The molecule has 3 unspecified atom stereocenters. The van der Waals surface area contributed by atoms with Crippen molar-refractivity contribution in [2.75, 3.05) is 20.6 Å². The Morgan fingerprint density at radius 2 is 1.85 bits per heavy atom. The van der Waals surface area contributed by atoms with Crippen LogP contribution in [0.15, 0.2) is 0 Å². The van der Waals surface area contributed by atoms with E-state index in [4.69, 9.17) is 0 Å². The van der Waals surface area contributed by atoms with Crippen LogP contribution in [0.1, 0.15) is 32.1 Å². The second kappa shape index (κ2) is 3.97. The molecule has 0 amide bonds. The lowest BCUT2D eigenvalue weighted by Gasteiger charge is -2.44. The predicted octanol–water partition coefficient (Wildman–Crippen LogP) is 1.47. The summed E-state index contributed by atoms with van der Waals surface area (Å²) in [6.45, 7) is 1.23. The van der Waals surface area contributed by atoms with Crippen LogP contribution in [-0.4, -0.2) is 37.6 Å². The van der Waals surface area contributed by atoms with E-state index in [1.54, 1.807) is 0 Å². The number of rotatable bonds is 1. The molecule has 0 radical (unpaired) electrons. The standard InChI is InChI=1S/C11H22N2/c1-13(2)11-7-8-12-10-6-4-3-5-9(10)11/h9-12H,3-8H2,1-2H3. The fourth-order valence-electron chi connectivity index (χ4n) is 3.15. The van der Waals surface area contributed by atoms with Gasteiger partial charge in [0.1, 0.15) is 0 Å². The van der Waals surface area contributed by atoms with Crippen LogP contribution in [-0.2, 0) is 0 Å². The number of nitrogens with zero attached hydrogens (tertiary/aromatic N) is 1. The Morgan fingerprint density at radius 1 is 1.08 bits per heavy atom. The van der Waals surface area contributed by atoms with Crippen LogP contribution in [0.25, 0.3) is 0 Å². The first-order valence-electron chi connectivity index (χ1n) is 5.69. The van der Waals surface area contributed by atoms with Crippen LogP contribution < -0.4 is 5.32 Å². The molecule has 3 atom stereocenters. The average Bonchev–Trinajstić information content (AvgIpc) is 2.17. The van der Waals surface area contributed by atoms with Crippen molar-refractivity contribution in [3.8, 4) is 0 Å². The highest BCUT2D eigenvalue weighted by Crippen LogP contribution is 2.32. The molecular formula is C11H22N2. The van der Waals surface area contributed by atoms with Crippen molar-refractivity contribution in [3.63, 3.8) is 0 Å². The highest BCUT2D eigenvalue weighted by atomic mass is 15.1. The fourth-order valence-corrected chi connectivity index (χ4v) is 3.15. The highest BCUT2D eigenvalue weighted by molar-refractivity contribution is 4.92. The van der Waals surface area contributed by atoms with Gasteiger partial charge in [-0.2, -0.15) is 0 Å². The number of hydrogen-bond donors (Lipinski definition) is 1. The second-order valence-electron chi connectivity index (χ2n) is 4.83. The zero-order chi connectivity index (χ0) is 9.26. The Hall–Kier alpha value is -0.0800. The van der Waals surface area contributed by atoms with Gasteiger partial charge >= 0.3 is 0 Å². The van der Waals surface area contributed by atoms with Gasteiger partial charge in [-0.1, -0.05) is 12.8 Å². The summed E-state index contributed by atoms with van der Waals surface area (Å²) in [5.74, 6) is 0.928. The Balaban J connectivity index is 2.02. The third kappa shape index (κ3) is 1.89. The topological polar surface area (TPSA) is 15.3 Å². The molecule has 1 heterocycles. The molecule has 1 aliphatic carbocycles. The van der Waals surface area contributed by atoms with E-state index in [1.807, 2.05) is 0 Å². The maximum atomic E-state index is 3.68. The monoisotopic (exact) mass is 182 g/mol. The Morgan fingerprint density at radius 3 is 2.62 bits per heavy atom. The molecule has 0 aromatic rings. The molecule has 2 nitrogen and oxygen atoms in total. The predicted molar refractivity (Wildman–Crippen MR) is 55.8 cm³/mol. The van der Waals surface area contributed by atoms with Crippen LogP contribution in [0.5, 0.6) is 0 Å². The van der Waals surface area contributed by atoms with Crippen LogP contribution in [0, 0.1) is 5.92 Å². The van der Waals surface area contributed by atoms with Crippen molar-refractivity contribution in [1.29, 1.82) is 0 Å². The summed E-state index contributed by atoms with van der Waals surface area (Å²) >= 11 is 0. The lowest BCUT2D eigenvalue weighted by molar-refractivity contribution is 0.0965. The van der Waals surface area contributed by atoms with Gasteiger partial charge in [-0.15, -0.1) is 0 Å². The number of fused-ring (bicyclic) bond motifs is 1. The Kier molecular flexibility index (Phi) is 2.89. The molecule has 0 aromatic carbocycles. The molecule has 1 saturated heterocycles. The molecule has 76 valence electrons. The van der Waals surface area contributed by atoms with Gasteiger partial charge in [0, 0.05) is 12.1 Å². The maximum absolute atomic E-state index is 3.68. The van der Waals surface area contributed by atoms with E-state index < -0.39 is 0 Å². The largest absolute Gasteiger partial charge is 0.314 e. The third-order valence-corrected chi connectivity index (χ3v) is 3.82. The number of piperidine rings is 1. The summed E-state index contributed by atoms with van der Waals surface area (Å²) in [5, 5.41) is 3.68. The number of hydrogen-bond acceptors (Lipinski definition) is 2. The second-order valence-corrected chi connectivity index (χ2v) is 4.83. The van der Waals surface area contributed by atoms with Gasteiger partial charge in [-0.3, -0.25) is 0 Å². The fraction of sp³-hybridized carbons (Fsp3) is 1.00. The van der Waals surface area contributed by atoms with Gasteiger partial charge in [0.05, 0.1) is 0 Å². The zero-order valence-corrected chi connectivity index (χ0v) is 8.92. The zero-order valence-electron chi connectivity index (χ0n) is 8.92. The van der Waals surface area contributed by atoms with Crippen molar-refractivity contribution in [2.45, 2.75) is 44.2 Å². The molecule has 0 spiro atoms. The molecule has 0 bridgehead atoms. The van der Waals surface area contributed by atoms with Crippen LogP contribution in [0.3, 0.4) is 0 Å². The summed E-state index contributed by atoms with van der Waals surface area (Å²) in [6, 6.07) is 1.67. The number of nitrogens with one attached hydrogen (secondary N) is 1. The first kappa shape index (κ1) is 9.47. The molecule has 0 aromatic heterocycles. The minimum absolute atomic E-state index is 0.829. The van der Waals surface area contributed by atoms with Crippen LogP contribution in [0.4, 0.5) is 0 Å². The van der Waals surface area contributed by atoms with E-state index in [0.717, 1.165) is 18.0 Å². The summed E-state index contributed by atoms with van der Waals surface area (Å²) in [7, 11) is 4.48.